The lowest BCUT2D eigenvalue weighted by molar-refractivity contribution is 0.209. The van der Waals surface area contributed by atoms with Crippen LogP contribution in [0.1, 0.15) is 53.4 Å². The van der Waals surface area contributed by atoms with Crippen LogP contribution in [0.5, 0.6) is 0 Å². The van der Waals surface area contributed by atoms with Crippen LogP contribution in [-0.2, 0) is 0 Å². The lowest BCUT2D eigenvalue weighted by Crippen LogP contribution is -2.34. The van der Waals surface area contributed by atoms with Gasteiger partial charge in [-0.25, -0.2) is 0 Å². The summed E-state index contributed by atoms with van der Waals surface area (Å²) in [5.74, 6) is 1.47. The molecule has 2 heteroatoms. The Kier molecular flexibility index (Phi) is 5.94. The van der Waals surface area contributed by atoms with Gasteiger partial charge in [-0.1, -0.05) is 27.7 Å². The Morgan fingerprint density at radius 2 is 1.88 bits per heavy atom. The molecule has 0 spiro atoms. The summed E-state index contributed by atoms with van der Waals surface area (Å²) in [4.78, 5) is 2.66. The minimum atomic E-state index is 0.608. The third kappa shape index (κ3) is 4.26. The van der Waals surface area contributed by atoms with Gasteiger partial charge in [-0.05, 0) is 56.0 Å². The van der Waals surface area contributed by atoms with Crippen LogP contribution < -0.4 is 5.73 Å². The van der Waals surface area contributed by atoms with Gasteiger partial charge in [-0.15, -0.1) is 0 Å². The predicted molar refractivity (Wildman–Crippen MR) is 76.1 cm³/mol. The van der Waals surface area contributed by atoms with Crippen LogP contribution >= 0.6 is 0 Å². The highest BCUT2D eigenvalue weighted by molar-refractivity contribution is 4.88. The van der Waals surface area contributed by atoms with Crippen LogP contribution in [0, 0.1) is 17.3 Å². The van der Waals surface area contributed by atoms with Crippen molar-refractivity contribution in [1.29, 1.82) is 0 Å². The summed E-state index contributed by atoms with van der Waals surface area (Å²) >= 11 is 0. The molecule has 1 saturated heterocycles. The van der Waals surface area contributed by atoms with E-state index in [1.165, 1.54) is 45.3 Å². The number of hydrogen-bond donors (Lipinski definition) is 1. The summed E-state index contributed by atoms with van der Waals surface area (Å²) < 4.78 is 0. The Labute approximate surface area is 108 Å². The van der Waals surface area contributed by atoms with Crippen LogP contribution in [0.4, 0.5) is 0 Å². The number of likely N-dealkylation sites (tertiary alicyclic amines) is 1. The zero-order valence-corrected chi connectivity index (χ0v) is 12.3. The summed E-state index contributed by atoms with van der Waals surface area (Å²) in [6.45, 7) is 14.0. The largest absolute Gasteiger partial charge is 0.330 e. The first kappa shape index (κ1) is 15.0. The third-order valence-electron chi connectivity index (χ3n) is 4.67. The second kappa shape index (κ2) is 6.75. The van der Waals surface area contributed by atoms with Crippen molar-refractivity contribution in [2.45, 2.75) is 53.4 Å². The van der Waals surface area contributed by atoms with Crippen molar-refractivity contribution in [3.05, 3.63) is 0 Å². The molecule has 0 aromatic rings. The van der Waals surface area contributed by atoms with E-state index >= 15 is 0 Å². The van der Waals surface area contributed by atoms with Gasteiger partial charge < -0.3 is 10.6 Å². The molecule has 1 aliphatic heterocycles. The molecule has 2 nitrogen and oxygen atoms in total. The first-order valence-corrected chi connectivity index (χ1v) is 7.47. The standard InChI is InChI=1S/C15H32N2/c1-5-15(6-2)7-8-17(12-15)11-14(10-16)9-13(3)4/h13-14H,5-12,16H2,1-4H3. The minimum absolute atomic E-state index is 0.608. The number of nitrogens with zero attached hydrogens (tertiary/aromatic N) is 1. The van der Waals surface area contributed by atoms with Gasteiger partial charge in [0.05, 0.1) is 0 Å². The highest BCUT2D eigenvalue weighted by atomic mass is 15.2. The monoisotopic (exact) mass is 240 g/mol. The molecule has 0 radical (unpaired) electrons. The molecule has 0 bridgehead atoms. The fourth-order valence-electron chi connectivity index (χ4n) is 3.29. The van der Waals surface area contributed by atoms with Crippen molar-refractivity contribution in [1.82, 2.24) is 4.90 Å². The molecular weight excluding hydrogens is 208 g/mol. The zero-order valence-electron chi connectivity index (χ0n) is 12.3. The van der Waals surface area contributed by atoms with Gasteiger partial charge in [0.2, 0.25) is 0 Å². The van der Waals surface area contributed by atoms with E-state index in [-0.39, 0.29) is 0 Å². The van der Waals surface area contributed by atoms with E-state index < -0.39 is 0 Å². The second-order valence-electron chi connectivity index (χ2n) is 6.42. The maximum absolute atomic E-state index is 5.91. The smallest absolute Gasteiger partial charge is 0.00384 e. The van der Waals surface area contributed by atoms with Crippen LogP contribution in [0.3, 0.4) is 0 Å². The first-order chi connectivity index (χ1) is 8.05. The average Bonchev–Trinajstić information content (AvgIpc) is 2.72. The molecule has 1 atom stereocenters. The summed E-state index contributed by atoms with van der Waals surface area (Å²) in [6, 6.07) is 0. The maximum atomic E-state index is 5.91. The normalized spacial score (nSPS) is 22.2. The van der Waals surface area contributed by atoms with E-state index in [2.05, 4.69) is 32.6 Å². The Morgan fingerprint density at radius 3 is 2.29 bits per heavy atom. The Hall–Kier alpha value is -0.0800. The lowest BCUT2D eigenvalue weighted by atomic mass is 9.82. The van der Waals surface area contributed by atoms with E-state index in [0.717, 1.165) is 12.5 Å². The first-order valence-electron chi connectivity index (χ1n) is 7.47. The summed E-state index contributed by atoms with van der Waals surface area (Å²) in [6.07, 6.45) is 5.33. The van der Waals surface area contributed by atoms with Crippen molar-refractivity contribution >= 4 is 0 Å². The van der Waals surface area contributed by atoms with Gasteiger partial charge in [-0.2, -0.15) is 0 Å². The van der Waals surface area contributed by atoms with Crippen molar-refractivity contribution in [3.63, 3.8) is 0 Å². The molecule has 1 rings (SSSR count). The summed E-state index contributed by atoms with van der Waals surface area (Å²) in [7, 11) is 0. The Morgan fingerprint density at radius 1 is 1.24 bits per heavy atom. The molecule has 0 saturated carbocycles. The summed E-state index contributed by atoms with van der Waals surface area (Å²) in [5.41, 5.74) is 6.51. The molecule has 1 aliphatic rings. The third-order valence-corrected chi connectivity index (χ3v) is 4.67. The molecule has 2 N–H and O–H groups in total. The van der Waals surface area contributed by atoms with Crippen LogP contribution in [0.15, 0.2) is 0 Å². The molecule has 1 heterocycles. The molecule has 0 aliphatic carbocycles. The zero-order chi connectivity index (χ0) is 12.9. The molecule has 1 fully saturated rings. The molecular formula is C15H32N2. The molecule has 0 aromatic carbocycles. The lowest BCUT2D eigenvalue weighted by Gasteiger charge is -2.28. The van der Waals surface area contributed by atoms with Crippen molar-refractivity contribution in [2.24, 2.45) is 23.0 Å². The highest BCUT2D eigenvalue weighted by Crippen LogP contribution is 2.37. The molecule has 0 amide bonds. The Balaban J connectivity index is 2.42. The van der Waals surface area contributed by atoms with E-state index in [1.54, 1.807) is 0 Å². The number of nitrogens with two attached hydrogens (primary N) is 1. The van der Waals surface area contributed by atoms with Gasteiger partial charge in [-0.3, -0.25) is 0 Å². The van der Waals surface area contributed by atoms with Crippen molar-refractivity contribution < 1.29 is 0 Å². The van der Waals surface area contributed by atoms with E-state index in [1.807, 2.05) is 0 Å². The van der Waals surface area contributed by atoms with Gasteiger partial charge in [0.15, 0.2) is 0 Å². The fourth-order valence-corrected chi connectivity index (χ4v) is 3.29. The van der Waals surface area contributed by atoms with E-state index in [9.17, 15) is 0 Å². The maximum Gasteiger partial charge on any atom is 0.00384 e. The summed E-state index contributed by atoms with van der Waals surface area (Å²) in [5, 5.41) is 0. The molecule has 102 valence electrons. The minimum Gasteiger partial charge on any atom is -0.330 e. The molecule has 17 heavy (non-hydrogen) atoms. The molecule has 1 unspecified atom stereocenters. The van der Waals surface area contributed by atoms with Crippen LogP contribution in [-0.4, -0.2) is 31.1 Å². The fraction of sp³-hybridized carbons (Fsp3) is 1.00. The van der Waals surface area contributed by atoms with Gasteiger partial charge in [0.25, 0.3) is 0 Å². The van der Waals surface area contributed by atoms with Gasteiger partial charge in [0.1, 0.15) is 0 Å². The quantitative estimate of drug-likeness (QED) is 0.741. The number of rotatable bonds is 7. The number of hydrogen-bond acceptors (Lipinski definition) is 2. The Bertz CT molecular complexity index is 209. The van der Waals surface area contributed by atoms with Crippen LogP contribution in [0.25, 0.3) is 0 Å². The highest BCUT2D eigenvalue weighted by Gasteiger charge is 2.35. The average molecular weight is 240 g/mol. The van der Waals surface area contributed by atoms with E-state index in [4.69, 9.17) is 5.73 Å². The topological polar surface area (TPSA) is 29.3 Å². The van der Waals surface area contributed by atoms with Gasteiger partial charge >= 0.3 is 0 Å². The van der Waals surface area contributed by atoms with Gasteiger partial charge in [0, 0.05) is 13.1 Å². The van der Waals surface area contributed by atoms with Crippen molar-refractivity contribution in [2.75, 3.05) is 26.2 Å². The molecule has 0 aromatic heterocycles. The SMILES string of the molecule is CCC1(CC)CCN(CC(CN)CC(C)C)C1. The van der Waals surface area contributed by atoms with E-state index in [0.29, 0.717) is 11.3 Å². The van der Waals surface area contributed by atoms with Crippen molar-refractivity contribution in [3.8, 4) is 0 Å². The predicted octanol–water partition coefficient (Wildman–Crippen LogP) is 3.12. The second-order valence-corrected chi connectivity index (χ2v) is 6.42. The van der Waals surface area contributed by atoms with Crippen LogP contribution in [0.2, 0.25) is 0 Å².